The van der Waals surface area contributed by atoms with Crippen LogP contribution in [0.1, 0.15) is 57.7 Å². The van der Waals surface area contributed by atoms with Crippen molar-refractivity contribution in [1.29, 1.82) is 0 Å². The summed E-state index contributed by atoms with van der Waals surface area (Å²) in [6.45, 7) is 4.94. The molecule has 0 spiro atoms. The Kier molecular flexibility index (Phi) is 3.71. The Morgan fingerprint density at radius 2 is 1.78 bits per heavy atom. The maximum atomic E-state index is 12.9. The number of aromatic amines is 1. The van der Waals surface area contributed by atoms with Crippen LogP contribution in [0.2, 0.25) is 0 Å². The van der Waals surface area contributed by atoms with Crippen molar-refractivity contribution in [2.45, 2.75) is 65.0 Å². The molecule has 5 unspecified atom stereocenters. The molecule has 2 aromatic heterocycles. The molecule has 2 bridgehead atoms. The zero-order valence-electron chi connectivity index (χ0n) is 15.9. The summed E-state index contributed by atoms with van der Waals surface area (Å²) in [5, 5.41) is 0. The van der Waals surface area contributed by atoms with E-state index in [1.165, 1.54) is 4.57 Å². The van der Waals surface area contributed by atoms with Crippen molar-refractivity contribution in [2.75, 3.05) is 0 Å². The molecule has 3 saturated carbocycles. The number of rotatable bonds is 5. The normalized spacial score (nSPS) is 31.5. The topological polar surface area (TPSA) is 89.8 Å². The number of Topliss-reactive ketones (excluding diaryl/α,β-unsaturated/α-hetero) is 1. The van der Waals surface area contributed by atoms with Gasteiger partial charge in [-0.15, -0.1) is 0 Å². The average Bonchev–Trinajstić information content (AvgIpc) is 3.16. The van der Waals surface area contributed by atoms with Crippen molar-refractivity contribution in [1.82, 2.24) is 19.1 Å². The van der Waals surface area contributed by atoms with Crippen LogP contribution < -0.4 is 11.2 Å². The van der Waals surface area contributed by atoms with Crippen LogP contribution in [0.4, 0.5) is 0 Å². The minimum atomic E-state index is -0.272. The molecule has 0 saturated heterocycles. The monoisotopic (exact) mass is 370 g/mol. The number of carbonyl (C=O) groups excluding carboxylic acids is 1. The predicted molar refractivity (Wildman–Crippen MR) is 101 cm³/mol. The lowest BCUT2D eigenvalue weighted by Crippen LogP contribution is -2.48. The van der Waals surface area contributed by atoms with E-state index in [4.69, 9.17) is 4.98 Å². The van der Waals surface area contributed by atoms with Crippen LogP contribution in [-0.4, -0.2) is 24.9 Å². The van der Waals surface area contributed by atoms with Gasteiger partial charge in [-0.25, -0.2) is 9.78 Å². The molecular weight excluding hydrogens is 344 g/mol. The second-order valence-electron chi connectivity index (χ2n) is 8.50. The summed E-state index contributed by atoms with van der Waals surface area (Å²) < 4.78 is 2.97. The lowest BCUT2D eigenvalue weighted by molar-refractivity contribution is -0.122. The third-order valence-corrected chi connectivity index (χ3v) is 7.14. The molecule has 7 heteroatoms. The number of ketones is 1. The summed E-state index contributed by atoms with van der Waals surface area (Å²) in [4.78, 5) is 46.0. The summed E-state index contributed by atoms with van der Waals surface area (Å²) >= 11 is 0. The summed E-state index contributed by atoms with van der Waals surface area (Å²) in [6, 6.07) is 0. The first-order valence-corrected chi connectivity index (χ1v) is 10.3. The number of fused-ring (bicyclic) bond motifs is 3. The summed E-state index contributed by atoms with van der Waals surface area (Å²) in [5.74, 6) is 3.00. The lowest BCUT2D eigenvalue weighted by atomic mass is 9.50. The fourth-order valence-corrected chi connectivity index (χ4v) is 6.08. The molecule has 5 atom stereocenters. The van der Waals surface area contributed by atoms with Crippen molar-refractivity contribution in [3.63, 3.8) is 0 Å². The molecule has 7 nitrogen and oxygen atoms in total. The summed E-state index contributed by atoms with van der Waals surface area (Å²) in [6.07, 6.45) is 4.33. The van der Waals surface area contributed by atoms with Gasteiger partial charge in [-0.1, -0.05) is 13.8 Å². The van der Waals surface area contributed by atoms with Gasteiger partial charge in [0.25, 0.3) is 5.56 Å². The van der Waals surface area contributed by atoms with E-state index in [9.17, 15) is 14.4 Å². The SMILES string of the molecule is CCCn1c(=O)c2[nH]c(C3C4CCC5C(=O)CC4C53)nc2n(CCC)c1=O. The average molecular weight is 370 g/mol. The number of aryl methyl sites for hydroxylation is 1. The minimum absolute atomic E-state index is 0.174. The Bertz CT molecular complexity index is 1050. The van der Waals surface area contributed by atoms with Crippen molar-refractivity contribution >= 4 is 16.9 Å². The molecule has 3 fully saturated rings. The van der Waals surface area contributed by atoms with Crippen LogP contribution in [0, 0.1) is 23.7 Å². The molecule has 3 aliphatic carbocycles. The first-order chi connectivity index (χ1) is 13.1. The third kappa shape index (κ3) is 2.14. The Morgan fingerprint density at radius 3 is 2.48 bits per heavy atom. The van der Waals surface area contributed by atoms with Crippen molar-refractivity contribution in [3.8, 4) is 0 Å². The molecule has 0 aliphatic heterocycles. The number of nitrogens with zero attached hydrogens (tertiary/aromatic N) is 3. The lowest BCUT2D eigenvalue weighted by Gasteiger charge is -2.53. The number of nitrogens with one attached hydrogen (secondary N) is 1. The summed E-state index contributed by atoms with van der Waals surface area (Å²) in [5.41, 5.74) is 0.387. The molecule has 5 rings (SSSR count). The highest BCUT2D eigenvalue weighted by molar-refractivity contribution is 5.85. The van der Waals surface area contributed by atoms with Gasteiger partial charge in [0.15, 0.2) is 5.65 Å². The molecule has 2 heterocycles. The Labute approximate surface area is 156 Å². The first kappa shape index (κ1) is 17.0. The highest BCUT2D eigenvalue weighted by Gasteiger charge is 2.63. The van der Waals surface area contributed by atoms with Crippen molar-refractivity contribution < 1.29 is 4.79 Å². The molecular formula is C20H26N4O3. The third-order valence-electron chi connectivity index (χ3n) is 7.14. The highest BCUT2D eigenvalue weighted by atomic mass is 16.2. The van der Waals surface area contributed by atoms with Crippen LogP contribution in [-0.2, 0) is 17.9 Å². The van der Waals surface area contributed by atoms with Gasteiger partial charge in [0, 0.05) is 31.3 Å². The Morgan fingerprint density at radius 1 is 1.04 bits per heavy atom. The minimum Gasteiger partial charge on any atom is -0.336 e. The van der Waals surface area contributed by atoms with Gasteiger partial charge < -0.3 is 4.98 Å². The first-order valence-electron chi connectivity index (χ1n) is 10.3. The number of imidazole rings is 1. The van der Waals surface area contributed by atoms with Gasteiger partial charge in [0.2, 0.25) is 0 Å². The number of aromatic nitrogens is 4. The van der Waals surface area contributed by atoms with Gasteiger partial charge in [-0.2, -0.15) is 0 Å². The van der Waals surface area contributed by atoms with Gasteiger partial charge in [0.1, 0.15) is 17.1 Å². The van der Waals surface area contributed by atoms with Crippen LogP contribution in [0.3, 0.4) is 0 Å². The zero-order valence-corrected chi connectivity index (χ0v) is 15.9. The van der Waals surface area contributed by atoms with E-state index in [1.54, 1.807) is 4.57 Å². The molecule has 3 aliphatic rings. The standard InChI is InChI=1S/C20H26N4O3/c1-3-7-23-18-16(19(26)24(8-4-2)20(23)27)21-17(22-18)15-10-5-6-11-13(25)9-12(10)14(11)15/h10-12,14-15H,3-9H2,1-2H3,(H,21,22). The highest BCUT2D eigenvalue weighted by Crippen LogP contribution is 2.66. The Hall–Kier alpha value is -2.18. The van der Waals surface area contributed by atoms with Crippen LogP contribution in [0.15, 0.2) is 9.59 Å². The maximum absolute atomic E-state index is 12.9. The number of hydrogen-bond acceptors (Lipinski definition) is 4. The van der Waals surface area contributed by atoms with E-state index in [-0.39, 0.29) is 23.1 Å². The number of hydrogen-bond donors (Lipinski definition) is 1. The van der Waals surface area contributed by atoms with Crippen molar-refractivity contribution in [3.05, 3.63) is 26.7 Å². The van der Waals surface area contributed by atoms with Crippen molar-refractivity contribution in [2.24, 2.45) is 23.7 Å². The fourth-order valence-electron chi connectivity index (χ4n) is 6.08. The zero-order chi connectivity index (χ0) is 18.9. The van der Waals surface area contributed by atoms with E-state index in [0.29, 0.717) is 47.8 Å². The molecule has 0 amide bonds. The maximum Gasteiger partial charge on any atom is 0.332 e. The second kappa shape index (κ2) is 5.91. The van der Waals surface area contributed by atoms with Gasteiger partial charge >= 0.3 is 5.69 Å². The number of carbonyl (C=O) groups is 1. The summed E-state index contributed by atoms with van der Waals surface area (Å²) in [7, 11) is 0. The van der Waals surface area contributed by atoms with E-state index >= 15 is 0 Å². The molecule has 1 N–H and O–H groups in total. The largest absolute Gasteiger partial charge is 0.336 e. The molecule has 144 valence electrons. The van der Waals surface area contributed by atoms with Crippen LogP contribution in [0.25, 0.3) is 11.2 Å². The van der Waals surface area contributed by atoms with Crippen LogP contribution in [0.5, 0.6) is 0 Å². The van der Waals surface area contributed by atoms with Gasteiger partial charge in [0.05, 0.1) is 0 Å². The second-order valence-corrected chi connectivity index (χ2v) is 8.50. The van der Waals surface area contributed by atoms with Gasteiger partial charge in [-0.3, -0.25) is 18.7 Å². The molecule has 2 aromatic rings. The predicted octanol–water partition coefficient (Wildman–Crippen LogP) is 2.03. The smallest absolute Gasteiger partial charge is 0.332 e. The molecule has 0 aromatic carbocycles. The van der Waals surface area contributed by atoms with Crippen LogP contribution >= 0.6 is 0 Å². The number of H-pyrrole nitrogens is 1. The van der Waals surface area contributed by atoms with E-state index < -0.39 is 0 Å². The van der Waals surface area contributed by atoms with E-state index in [0.717, 1.165) is 37.9 Å². The Balaban J connectivity index is 1.65. The van der Waals surface area contributed by atoms with E-state index in [2.05, 4.69) is 4.98 Å². The van der Waals surface area contributed by atoms with Gasteiger partial charge in [-0.05, 0) is 43.4 Å². The molecule has 0 radical (unpaired) electrons. The quantitative estimate of drug-likeness (QED) is 0.872. The van der Waals surface area contributed by atoms with E-state index in [1.807, 2.05) is 13.8 Å². The fraction of sp³-hybridized carbons (Fsp3) is 0.700. The molecule has 27 heavy (non-hydrogen) atoms.